The summed E-state index contributed by atoms with van der Waals surface area (Å²) >= 11 is 0. The maximum atomic E-state index is 12.7. The zero-order valence-electron chi connectivity index (χ0n) is 16.5. The van der Waals surface area contributed by atoms with Crippen molar-refractivity contribution in [2.45, 2.75) is 76.3 Å². The molecule has 2 N–H and O–H groups in total. The second-order valence-electron chi connectivity index (χ2n) is 8.16. The molecule has 1 aromatic carbocycles. The van der Waals surface area contributed by atoms with Crippen LogP contribution in [0.2, 0.25) is 0 Å². The van der Waals surface area contributed by atoms with Crippen LogP contribution in [0.4, 0.5) is 5.82 Å². The van der Waals surface area contributed by atoms with Gasteiger partial charge in [-0.2, -0.15) is 0 Å². The van der Waals surface area contributed by atoms with Crippen LogP contribution in [0.25, 0.3) is 11.3 Å². The summed E-state index contributed by atoms with van der Waals surface area (Å²) in [5.41, 5.74) is 2.49. The van der Waals surface area contributed by atoms with Crippen LogP contribution >= 0.6 is 0 Å². The minimum absolute atomic E-state index is 0.0170. The van der Waals surface area contributed by atoms with E-state index in [0.717, 1.165) is 29.9 Å². The van der Waals surface area contributed by atoms with Crippen molar-refractivity contribution in [3.05, 3.63) is 42.2 Å². The number of carbonyl (C=O) groups excluding carboxylic acids is 1. The van der Waals surface area contributed by atoms with E-state index in [2.05, 4.69) is 20.6 Å². The summed E-state index contributed by atoms with van der Waals surface area (Å²) in [5.74, 6) is 0.886. The van der Waals surface area contributed by atoms with Gasteiger partial charge in [0.2, 0.25) is 0 Å². The topological polar surface area (TPSA) is 66.9 Å². The standard InChI is InChI=1S/C23H30N4O/c28-23(27-20-12-5-2-6-13-20)18-9-7-8-17(14-18)21-15-22(25-16-24-21)26-19-10-3-1-4-11-19/h7-9,14-16,19-20H,1-6,10-13H2,(H,27,28)(H,24,25,26). The van der Waals surface area contributed by atoms with E-state index in [9.17, 15) is 4.79 Å². The van der Waals surface area contributed by atoms with Crippen molar-refractivity contribution >= 4 is 11.7 Å². The molecule has 0 atom stereocenters. The fourth-order valence-corrected chi connectivity index (χ4v) is 4.39. The van der Waals surface area contributed by atoms with Crippen LogP contribution in [-0.2, 0) is 0 Å². The van der Waals surface area contributed by atoms with Gasteiger partial charge < -0.3 is 10.6 Å². The van der Waals surface area contributed by atoms with Gasteiger partial charge in [-0.05, 0) is 37.8 Å². The second kappa shape index (κ2) is 9.18. The minimum atomic E-state index is 0.0170. The summed E-state index contributed by atoms with van der Waals surface area (Å²) in [6.07, 6.45) is 13.8. The molecule has 2 aromatic rings. The predicted octanol–water partition coefficient (Wildman–Crippen LogP) is 4.95. The van der Waals surface area contributed by atoms with Crippen LogP contribution in [0.3, 0.4) is 0 Å². The van der Waals surface area contributed by atoms with Crippen LogP contribution in [-0.4, -0.2) is 28.0 Å². The highest BCUT2D eigenvalue weighted by Crippen LogP contribution is 2.24. The van der Waals surface area contributed by atoms with E-state index in [4.69, 9.17) is 0 Å². The number of nitrogens with one attached hydrogen (secondary N) is 2. The Morgan fingerprint density at radius 3 is 2.32 bits per heavy atom. The molecule has 0 unspecified atom stereocenters. The maximum absolute atomic E-state index is 12.7. The van der Waals surface area contributed by atoms with E-state index < -0.39 is 0 Å². The van der Waals surface area contributed by atoms with E-state index in [0.29, 0.717) is 17.6 Å². The molecule has 4 rings (SSSR count). The van der Waals surface area contributed by atoms with Gasteiger partial charge in [-0.1, -0.05) is 50.7 Å². The third-order valence-corrected chi connectivity index (χ3v) is 5.99. The summed E-state index contributed by atoms with van der Waals surface area (Å²) in [5, 5.41) is 6.75. The van der Waals surface area contributed by atoms with Crippen LogP contribution < -0.4 is 10.6 Å². The molecule has 5 heteroatoms. The molecule has 148 valence electrons. The summed E-state index contributed by atoms with van der Waals surface area (Å²) in [6, 6.07) is 10.6. The third kappa shape index (κ3) is 4.89. The van der Waals surface area contributed by atoms with Crippen molar-refractivity contribution in [2.24, 2.45) is 0 Å². The molecule has 0 bridgehead atoms. The Balaban J connectivity index is 1.46. The van der Waals surface area contributed by atoms with Crippen LogP contribution in [0.1, 0.15) is 74.6 Å². The van der Waals surface area contributed by atoms with Crippen LogP contribution in [0.15, 0.2) is 36.7 Å². The highest BCUT2D eigenvalue weighted by molar-refractivity contribution is 5.95. The molecule has 2 saturated carbocycles. The van der Waals surface area contributed by atoms with E-state index in [1.54, 1.807) is 6.33 Å². The number of rotatable bonds is 5. The van der Waals surface area contributed by atoms with Gasteiger partial charge in [-0.3, -0.25) is 4.79 Å². The third-order valence-electron chi connectivity index (χ3n) is 5.99. The zero-order chi connectivity index (χ0) is 19.2. The highest BCUT2D eigenvalue weighted by Gasteiger charge is 2.17. The van der Waals surface area contributed by atoms with E-state index in [1.807, 2.05) is 30.3 Å². The lowest BCUT2D eigenvalue weighted by atomic mass is 9.95. The van der Waals surface area contributed by atoms with Gasteiger partial charge in [0, 0.05) is 29.3 Å². The first-order chi connectivity index (χ1) is 13.8. The van der Waals surface area contributed by atoms with Gasteiger partial charge in [0.15, 0.2) is 0 Å². The van der Waals surface area contributed by atoms with Crippen molar-refractivity contribution in [2.75, 3.05) is 5.32 Å². The zero-order valence-corrected chi connectivity index (χ0v) is 16.5. The molecular formula is C23H30N4O. The number of nitrogens with zero attached hydrogens (tertiary/aromatic N) is 2. The molecule has 2 fully saturated rings. The van der Waals surface area contributed by atoms with Crippen molar-refractivity contribution in [3.63, 3.8) is 0 Å². The fourth-order valence-electron chi connectivity index (χ4n) is 4.39. The summed E-state index contributed by atoms with van der Waals surface area (Å²) < 4.78 is 0. The molecule has 0 spiro atoms. The average Bonchev–Trinajstić information content (AvgIpc) is 2.75. The largest absolute Gasteiger partial charge is 0.367 e. The van der Waals surface area contributed by atoms with E-state index >= 15 is 0 Å². The molecule has 28 heavy (non-hydrogen) atoms. The average molecular weight is 379 g/mol. The number of hydrogen-bond acceptors (Lipinski definition) is 4. The Hall–Kier alpha value is -2.43. The van der Waals surface area contributed by atoms with Crippen molar-refractivity contribution in [1.29, 1.82) is 0 Å². The second-order valence-corrected chi connectivity index (χ2v) is 8.16. The lowest BCUT2D eigenvalue weighted by molar-refractivity contribution is 0.0928. The number of hydrogen-bond donors (Lipinski definition) is 2. The number of anilines is 1. The normalized spacial score (nSPS) is 18.6. The van der Waals surface area contributed by atoms with Gasteiger partial charge in [0.05, 0.1) is 5.69 Å². The molecule has 1 heterocycles. The lowest BCUT2D eigenvalue weighted by Crippen LogP contribution is -2.36. The van der Waals surface area contributed by atoms with Gasteiger partial charge >= 0.3 is 0 Å². The quantitative estimate of drug-likeness (QED) is 0.772. The number of carbonyl (C=O) groups is 1. The Morgan fingerprint density at radius 2 is 1.57 bits per heavy atom. The molecule has 0 saturated heterocycles. The van der Waals surface area contributed by atoms with Crippen molar-refractivity contribution in [1.82, 2.24) is 15.3 Å². The number of aromatic nitrogens is 2. The van der Waals surface area contributed by atoms with E-state index in [-0.39, 0.29) is 5.91 Å². The van der Waals surface area contributed by atoms with Gasteiger partial charge in [0.1, 0.15) is 12.1 Å². The molecular weight excluding hydrogens is 348 g/mol. The highest BCUT2D eigenvalue weighted by atomic mass is 16.1. The summed E-state index contributed by atoms with van der Waals surface area (Å²) in [7, 11) is 0. The minimum Gasteiger partial charge on any atom is -0.367 e. The lowest BCUT2D eigenvalue weighted by Gasteiger charge is -2.23. The Bertz CT molecular complexity index is 795. The number of benzene rings is 1. The van der Waals surface area contributed by atoms with Gasteiger partial charge in [-0.15, -0.1) is 0 Å². The van der Waals surface area contributed by atoms with Gasteiger partial charge in [-0.25, -0.2) is 9.97 Å². The van der Waals surface area contributed by atoms with Crippen LogP contribution in [0.5, 0.6) is 0 Å². The SMILES string of the molecule is O=C(NC1CCCCC1)c1cccc(-c2cc(NC3CCCCC3)ncn2)c1. The Labute approximate surface area is 167 Å². The molecule has 5 nitrogen and oxygen atoms in total. The maximum Gasteiger partial charge on any atom is 0.251 e. The molecule has 1 aromatic heterocycles. The van der Waals surface area contributed by atoms with Gasteiger partial charge in [0.25, 0.3) is 5.91 Å². The molecule has 2 aliphatic carbocycles. The smallest absolute Gasteiger partial charge is 0.251 e. The molecule has 0 radical (unpaired) electrons. The molecule has 2 aliphatic rings. The number of amides is 1. The molecule has 1 amide bonds. The Kier molecular flexibility index (Phi) is 6.20. The summed E-state index contributed by atoms with van der Waals surface area (Å²) in [6.45, 7) is 0. The first kappa shape index (κ1) is 18.9. The predicted molar refractivity (Wildman–Crippen MR) is 112 cm³/mol. The first-order valence-corrected chi connectivity index (χ1v) is 10.8. The Morgan fingerprint density at radius 1 is 0.857 bits per heavy atom. The van der Waals surface area contributed by atoms with Crippen molar-refractivity contribution < 1.29 is 4.79 Å². The summed E-state index contributed by atoms with van der Waals surface area (Å²) in [4.78, 5) is 21.5. The van der Waals surface area contributed by atoms with Crippen molar-refractivity contribution in [3.8, 4) is 11.3 Å². The van der Waals surface area contributed by atoms with Crippen LogP contribution in [0, 0.1) is 0 Å². The van der Waals surface area contributed by atoms with E-state index in [1.165, 1.54) is 51.4 Å². The fraction of sp³-hybridized carbons (Fsp3) is 0.522. The monoisotopic (exact) mass is 378 g/mol. The molecule has 0 aliphatic heterocycles. The first-order valence-electron chi connectivity index (χ1n) is 10.8.